The van der Waals surface area contributed by atoms with Gasteiger partial charge in [-0.2, -0.15) is 0 Å². The largest absolute Gasteiger partial charge is 0.355 e. The summed E-state index contributed by atoms with van der Waals surface area (Å²) in [5.41, 5.74) is 5.39. The molecule has 1 aliphatic rings. The summed E-state index contributed by atoms with van der Waals surface area (Å²) in [6, 6.07) is 6.55. The second-order valence-corrected chi connectivity index (χ2v) is 6.92. The maximum atomic E-state index is 13.5. The van der Waals surface area contributed by atoms with Crippen molar-refractivity contribution in [1.29, 1.82) is 0 Å². The van der Waals surface area contributed by atoms with E-state index in [9.17, 15) is 14.0 Å². The van der Waals surface area contributed by atoms with Gasteiger partial charge in [0.25, 0.3) is 0 Å². The van der Waals surface area contributed by atoms with Crippen LogP contribution in [-0.2, 0) is 9.59 Å². The molecule has 0 aliphatic carbocycles. The van der Waals surface area contributed by atoms with Crippen LogP contribution >= 0.6 is 11.8 Å². The molecule has 3 N–H and O–H groups in total. The highest BCUT2D eigenvalue weighted by atomic mass is 32.2. The Morgan fingerprint density at radius 2 is 2.17 bits per heavy atom. The van der Waals surface area contributed by atoms with Crippen molar-refractivity contribution in [2.24, 2.45) is 11.7 Å². The second kappa shape index (κ2) is 9.64. The molecule has 7 heteroatoms. The van der Waals surface area contributed by atoms with E-state index in [0.29, 0.717) is 43.2 Å². The minimum atomic E-state index is -0.260. The van der Waals surface area contributed by atoms with Crippen molar-refractivity contribution in [1.82, 2.24) is 10.2 Å². The van der Waals surface area contributed by atoms with Crippen molar-refractivity contribution < 1.29 is 14.0 Å². The lowest BCUT2D eigenvalue weighted by Crippen LogP contribution is -2.46. The summed E-state index contributed by atoms with van der Waals surface area (Å²) in [7, 11) is 0. The van der Waals surface area contributed by atoms with Gasteiger partial charge in [-0.1, -0.05) is 12.1 Å². The number of amides is 2. The number of hydrogen-bond donors (Lipinski definition) is 2. The fraction of sp³-hybridized carbons (Fsp3) is 0.529. The molecular formula is C17H24FN3O2S. The maximum Gasteiger partial charge on any atom is 0.224 e. The molecule has 1 atom stereocenters. The highest BCUT2D eigenvalue weighted by Crippen LogP contribution is 2.23. The number of nitrogens with two attached hydrogens (primary N) is 1. The van der Waals surface area contributed by atoms with E-state index in [1.807, 2.05) is 0 Å². The predicted molar refractivity (Wildman–Crippen MR) is 93.1 cm³/mol. The molecule has 1 saturated heterocycles. The molecule has 1 aliphatic heterocycles. The van der Waals surface area contributed by atoms with Crippen molar-refractivity contribution >= 4 is 23.6 Å². The Kier molecular flexibility index (Phi) is 7.52. The minimum absolute atomic E-state index is 0.0233. The zero-order valence-electron chi connectivity index (χ0n) is 13.7. The molecular weight excluding hydrogens is 329 g/mol. The number of hydrogen-bond acceptors (Lipinski definition) is 4. The number of benzene rings is 1. The van der Waals surface area contributed by atoms with Gasteiger partial charge in [0.1, 0.15) is 5.82 Å². The average molecular weight is 353 g/mol. The molecule has 1 unspecified atom stereocenters. The van der Waals surface area contributed by atoms with Crippen LogP contribution < -0.4 is 11.1 Å². The molecule has 1 fully saturated rings. The summed E-state index contributed by atoms with van der Waals surface area (Å²) >= 11 is 1.34. The molecule has 1 heterocycles. The van der Waals surface area contributed by atoms with Crippen molar-refractivity contribution in [3.63, 3.8) is 0 Å². The van der Waals surface area contributed by atoms with E-state index >= 15 is 0 Å². The van der Waals surface area contributed by atoms with Gasteiger partial charge in [-0.25, -0.2) is 4.39 Å². The highest BCUT2D eigenvalue weighted by Gasteiger charge is 2.27. The Morgan fingerprint density at radius 3 is 2.92 bits per heavy atom. The highest BCUT2D eigenvalue weighted by molar-refractivity contribution is 7.99. The van der Waals surface area contributed by atoms with Gasteiger partial charge in [-0.3, -0.25) is 9.59 Å². The molecule has 2 amide bonds. The summed E-state index contributed by atoms with van der Waals surface area (Å²) < 4.78 is 13.5. The average Bonchev–Trinajstić information content (AvgIpc) is 2.61. The summed E-state index contributed by atoms with van der Waals surface area (Å²) in [6.07, 6.45) is 1.97. The van der Waals surface area contributed by atoms with Crippen molar-refractivity contribution in [2.75, 3.05) is 31.9 Å². The van der Waals surface area contributed by atoms with Crippen LogP contribution in [0.4, 0.5) is 4.39 Å². The number of nitrogens with one attached hydrogen (secondary N) is 1. The first kappa shape index (κ1) is 18.7. The van der Waals surface area contributed by atoms with Gasteiger partial charge < -0.3 is 16.0 Å². The molecule has 1 aromatic carbocycles. The molecule has 132 valence electrons. The Bertz CT molecular complexity index is 571. The van der Waals surface area contributed by atoms with Gasteiger partial charge >= 0.3 is 0 Å². The fourth-order valence-electron chi connectivity index (χ4n) is 2.73. The van der Waals surface area contributed by atoms with Gasteiger partial charge in [0.2, 0.25) is 11.8 Å². The van der Waals surface area contributed by atoms with E-state index in [4.69, 9.17) is 5.73 Å². The zero-order chi connectivity index (χ0) is 17.4. The molecule has 0 saturated carbocycles. The number of halogens is 1. The third-order valence-electron chi connectivity index (χ3n) is 4.00. The van der Waals surface area contributed by atoms with Crippen molar-refractivity contribution in [2.45, 2.75) is 24.2 Å². The standard InChI is InChI=1S/C17H24FN3O2S/c18-14-5-1-2-6-15(14)24-11-7-16(22)21-10-3-4-13(12-21)17(23)20-9-8-19/h1-2,5-6,13H,3-4,7-12,19H2,(H,20,23). The van der Waals surface area contributed by atoms with Gasteiger partial charge in [0.15, 0.2) is 0 Å². The molecule has 0 radical (unpaired) electrons. The second-order valence-electron chi connectivity index (χ2n) is 5.79. The Balaban J connectivity index is 1.77. The van der Waals surface area contributed by atoms with E-state index in [1.54, 1.807) is 23.1 Å². The molecule has 5 nitrogen and oxygen atoms in total. The molecule has 0 spiro atoms. The number of carbonyl (C=O) groups excluding carboxylic acids is 2. The van der Waals surface area contributed by atoms with Gasteiger partial charge in [-0.15, -0.1) is 11.8 Å². The minimum Gasteiger partial charge on any atom is -0.355 e. The van der Waals surface area contributed by atoms with Crippen LogP contribution in [0.25, 0.3) is 0 Å². The lowest BCUT2D eigenvalue weighted by Gasteiger charge is -2.32. The normalized spacial score (nSPS) is 17.6. The third-order valence-corrected chi connectivity index (χ3v) is 5.05. The first-order valence-corrected chi connectivity index (χ1v) is 9.23. The van der Waals surface area contributed by atoms with Crippen LogP contribution in [0.5, 0.6) is 0 Å². The first-order chi connectivity index (χ1) is 11.6. The van der Waals surface area contributed by atoms with E-state index in [0.717, 1.165) is 12.8 Å². The number of thioether (sulfide) groups is 1. The lowest BCUT2D eigenvalue weighted by atomic mass is 9.97. The van der Waals surface area contributed by atoms with Crippen LogP contribution in [0.2, 0.25) is 0 Å². The topological polar surface area (TPSA) is 75.4 Å². The number of piperidine rings is 1. The third kappa shape index (κ3) is 5.49. The van der Waals surface area contributed by atoms with Gasteiger partial charge in [0, 0.05) is 43.2 Å². The van der Waals surface area contributed by atoms with Crippen LogP contribution in [0.1, 0.15) is 19.3 Å². The van der Waals surface area contributed by atoms with Crippen LogP contribution in [0.3, 0.4) is 0 Å². The monoisotopic (exact) mass is 353 g/mol. The van der Waals surface area contributed by atoms with E-state index in [-0.39, 0.29) is 23.5 Å². The van der Waals surface area contributed by atoms with Crippen LogP contribution in [0, 0.1) is 11.7 Å². The van der Waals surface area contributed by atoms with Crippen molar-refractivity contribution in [3.05, 3.63) is 30.1 Å². The number of rotatable bonds is 7. The summed E-state index contributed by atoms with van der Waals surface area (Å²) in [6.45, 7) is 2.01. The van der Waals surface area contributed by atoms with Crippen LogP contribution in [-0.4, -0.2) is 48.6 Å². The lowest BCUT2D eigenvalue weighted by molar-refractivity contribution is -0.135. The predicted octanol–water partition coefficient (Wildman–Crippen LogP) is 1.62. The molecule has 24 heavy (non-hydrogen) atoms. The zero-order valence-corrected chi connectivity index (χ0v) is 14.5. The van der Waals surface area contributed by atoms with Gasteiger partial charge in [0.05, 0.1) is 5.92 Å². The summed E-state index contributed by atoms with van der Waals surface area (Å²) in [4.78, 5) is 26.6. The summed E-state index contributed by atoms with van der Waals surface area (Å²) in [5.74, 6) is 0.104. The van der Waals surface area contributed by atoms with Gasteiger partial charge in [-0.05, 0) is 25.0 Å². The van der Waals surface area contributed by atoms with Crippen molar-refractivity contribution in [3.8, 4) is 0 Å². The Labute approximate surface area is 146 Å². The first-order valence-electron chi connectivity index (χ1n) is 8.24. The van der Waals surface area contributed by atoms with E-state index < -0.39 is 0 Å². The van der Waals surface area contributed by atoms with E-state index in [2.05, 4.69) is 5.32 Å². The summed E-state index contributed by atoms with van der Waals surface area (Å²) in [5, 5.41) is 2.78. The maximum absolute atomic E-state index is 13.5. The number of nitrogens with zero attached hydrogens (tertiary/aromatic N) is 1. The SMILES string of the molecule is NCCNC(=O)C1CCCN(C(=O)CCSc2ccccc2F)C1. The molecule has 0 bridgehead atoms. The Hall–Kier alpha value is -1.60. The van der Waals surface area contributed by atoms with E-state index in [1.165, 1.54) is 17.8 Å². The molecule has 2 rings (SSSR count). The fourth-order valence-corrected chi connectivity index (χ4v) is 3.60. The molecule has 0 aromatic heterocycles. The number of carbonyl (C=O) groups is 2. The van der Waals surface area contributed by atoms with Crippen LogP contribution in [0.15, 0.2) is 29.2 Å². The quantitative estimate of drug-likeness (QED) is 0.731. The Morgan fingerprint density at radius 1 is 1.38 bits per heavy atom. The smallest absolute Gasteiger partial charge is 0.224 e. The number of likely N-dealkylation sites (tertiary alicyclic amines) is 1. The molecule has 1 aromatic rings.